The van der Waals surface area contributed by atoms with Gasteiger partial charge in [-0.05, 0) is 30.2 Å². The number of nitrogens with zero attached hydrogens (tertiary/aromatic N) is 2. The van der Waals surface area contributed by atoms with Crippen molar-refractivity contribution >= 4 is 33.4 Å². The van der Waals surface area contributed by atoms with Gasteiger partial charge in [0.05, 0.1) is 11.5 Å². The summed E-state index contributed by atoms with van der Waals surface area (Å²) in [5, 5.41) is 2.73. The van der Waals surface area contributed by atoms with Crippen LogP contribution in [0, 0.1) is 6.92 Å². The highest BCUT2D eigenvalue weighted by atomic mass is 32.2. The van der Waals surface area contributed by atoms with E-state index in [0.29, 0.717) is 31.9 Å². The lowest BCUT2D eigenvalue weighted by molar-refractivity contribution is -0.118. The van der Waals surface area contributed by atoms with Gasteiger partial charge in [0.15, 0.2) is 0 Å². The molecule has 162 valence electrons. The van der Waals surface area contributed by atoms with Gasteiger partial charge in [-0.2, -0.15) is 4.31 Å². The average molecular weight is 448 g/mol. The summed E-state index contributed by atoms with van der Waals surface area (Å²) in [5.74, 6) is 0.893. The molecular formula is C22H29N3O3S2. The first-order valence-corrected chi connectivity index (χ1v) is 12.9. The normalized spacial score (nSPS) is 15.2. The number of carbonyl (C=O) groups is 1. The zero-order valence-corrected chi connectivity index (χ0v) is 18.9. The van der Waals surface area contributed by atoms with E-state index in [1.54, 1.807) is 0 Å². The molecule has 8 heteroatoms. The van der Waals surface area contributed by atoms with Crippen LogP contribution in [0.2, 0.25) is 0 Å². The fourth-order valence-corrected chi connectivity index (χ4v) is 5.54. The first-order chi connectivity index (χ1) is 14.4. The highest BCUT2D eigenvalue weighted by molar-refractivity contribution is 7.99. The monoisotopic (exact) mass is 447 g/mol. The van der Waals surface area contributed by atoms with Crippen molar-refractivity contribution in [3.63, 3.8) is 0 Å². The number of aryl methyl sites for hydroxylation is 1. The fourth-order valence-electron chi connectivity index (χ4n) is 3.38. The van der Waals surface area contributed by atoms with Crippen molar-refractivity contribution in [3.05, 3.63) is 65.7 Å². The smallest absolute Gasteiger partial charge is 0.230 e. The molecule has 1 saturated heterocycles. The maximum Gasteiger partial charge on any atom is 0.230 e. The number of carbonyl (C=O) groups excluding carboxylic acids is 1. The third-order valence-electron chi connectivity index (χ3n) is 5.03. The van der Waals surface area contributed by atoms with Crippen molar-refractivity contribution < 1.29 is 13.2 Å². The Hall–Kier alpha value is -2.03. The average Bonchev–Trinajstić information content (AvgIpc) is 2.74. The van der Waals surface area contributed by atoms with Crippen molar-refractivity contribution in [1.29, 1.82) is 0 Å². The van der Waals surface area contributed by atoms with Crippen LogP contribution in [0.4, 0.5) is 5.69 Å². The third-order valence-corrected chi connectivity index (χ3v) is 7.90. The molecule has 0 bridgehead atoms. The SMILES string of the molecule is Cc1cccc(N2CCN(S(=O)(=O)CCNC(=O)CSCc3ccccc3)CC2)c1. The van der Waals surface area contributed by atoms with E-state index in [4.69, 9.17) is 0 Å². The molecule has 0 saturated carbocycles. The van der Waals surface area contributed by atoms with Crippen LogP contribution in [0.15, 0.2) is 54.6 Å². The zero-order chi connectivity index (χ0) is 21.4. The minimum Gasteiger partial charge on any atom is -0.369 e. The molecule has 3 rings (SSSR count). The molecule has 0 unspecified atom stereocenters. The predicted octanol–water partition coefficient (Wildman–Crippen LogP) is 2.50. The van der Waals surface area contributed by atoms with E-state index >= 15 is 0 Å². The maximum absolute atomic E-state index is 12.6. The van der Waals surface area contributed by atoms with Gasteiger partial charge >= 0.3 is 0 Å². The fraction of sp³-hybridized carbons (Fsp3) is 0.409. The molecule has 30 heavy (non-hydrogen) atoms. The third kappa shape index (κ3) is 6.75. The van der Waals surface area contributed by atoms with Gasteiger partial charge in [-0.25, -0.2) is 8.42 Å². The summed E-state index contributed by atoms with van der Waals surface area (Å²) in [4.78, 5) is 14.2. The number of anilines is 1. The standard InChI is InChI=1S/C22H29N3O3S2/c1-19-6-5-9-21(16-19)24-11-13-25(14-12-24)30(27,28)15-10-23-22(26)18-29-17-20-7-3-2-4-8-20/h2-9,16H,10-15,17-18H2,1H3,(H,23,26). The van der Waals surface area contributed by atoms with E-state index in [-0.39, 0.29) is 18.2 Å². The molecule has 1 amide bonds. The Labute approximate surface area is 183 Å². The van der Waals surface area contributed by atoms with Crippen LogP contribution in [-0.2, 0) is 20.6 Å². The van der Waals surface area contributed by atoms with Crippen molar-refractivity contribution in [2.24, 2.45) is 0 Å². The van der Waals surface area contributed by atoms with Gasteiger partial charge in [-0.1, -0.05) is 42.5 Å². The number of rotatable bonds is 9. The summed E-state index contributed by atoms with van der Waals surface area (Å²) in [6.07, 6.45) is 0. The summed E-state index contributed by atoms with van der Waals surface area (Å²) >= 11 is 1.52. The van der Waals surface area contributed by atoms with Gasteiger partial charge in [0.1, 0.15) is 0 Å². The molecule has 2 aromatic carbocycles. The summed E-state index contributed by atoms with van der Waals surface area (Å²) in [7, 11) is -3.37. The molecule has 6 nitrogen and oxygen atoms in total. The van der Waals surface area contributed by atoms with Gasteiger partial charge in [-0.3, -0.25) is 4.79 Å². The lowest BCUT2D eigenvalue weighted by Gasteiger charge is -2.35. The zero-order valence-electron chi connectivity index (χ0n) is 17.3. The first-order valence-electron chi connectivity index (χ1n) is 10.1. The number of hydrogen-bond acceptors (Lipinski definition) is 5. The molecule has 2 aromatic rings. The molecule has 1 aliphatic rings. The summed E-state index contributed by atoms with van der Waals surface area (Å²) in [6, 6.07) is 18.2. The Morgan fingerprint density at radius 2 is 1.77 bits per heavy atom. The summed E-state index contributed by atoms with van der Waals surface area (Å²) < 4.78 is 26.8. The minimum absolute atomic E-state index is 0.0630. The topological polar surface area (TPSA) is 69.7 Å². The molecule has 1 N–H and O–H groups in total. The molecule has 1 aliphatic heterocycles. The van der Waals surface area contributed by atoms with E-state index < -0.39 is 10.0 Å². The number of piperazine rings is 1. The van der Waals surface area contributed by atoms with Crippen molar-refractivity contribution in [3.8, 4) is 0 Å². The van der Waals surface area contributed by atoms with Crippen LogP contribution in [0.1, 0.15) is 11.1 Å². The molecule has 1 heterocycles. The summed E-state index contributed by atoms with van der Waals surface area (Å²) in [5.41, 5.74) is 3.50. The van der Waals surface area contributed by atoms with Crippen LogP contribution in [0.5, 0.6) is 0 Å². The number of thioether (sulfide) groups is 1. The van der Waals surface area contributed by atoms with Crippen LogP contribution in [0.3, 0.4) is 0 Å². The van der Waals surface area contributed by atoms with E-state index in [2.05, 4.69) is 35.3 Å². The second-order valence-electron chi connectivity index (χ2n) is 7.37. The Bertz CT molecular complexity index is 928. The van der Waals surface area contributed by atoms with E-state index in [0.717, 1.165) is 11.4 Å². The van der Waals surface area contributed by atoms with E-state index in [1.165, 1.54) is 27.2 Å². The maximum atomic E-state index is 12.6. The second-order valence-corrected chi connectivity index (χ2v) is 10.4. The number of sulfonamides is 1. The Balaban J connectivity index is 1.36. The van der Waals surface area contributed by atoms with Gasteiger partial charge in [0.25, 0.3) is 0 Å². The lowest BCUT2D eigenvalue weighted by atomic mass is 10.2. The number of nitrogens with one attached hydrogen (secondary N) is 1. The van der Waals surface area contributed by atoms with Gasteiger partial charge in [0.2, 0.25) is 15.9 Å². The van der Waals surface area contributed by atoms with Gasteiger partial charge in [-0.15, -0.1) is 11.8 Å². The Morgan fingerprint density at radius 1 is 1.03 bits per heavy atom. The second kappa shape index (κ2) is 10.8. The van der Waals surface area contributed by atoms with Crippen LogP contribution in [0.25, 0.3) is 0 Å². The van der Waals surface area contributed by atoms with E-state index in [1.807, 2.05) is 36.4 Å². The quantitative estimate of drug-likeness (QED) is 0.640. The molecule has 0 atom stereocenters. The van der Waals surface area contributed by atoms with Gasteiger partial charge in [0, 0.05) is 44.2 Å². The van der Waals surface area contributed by atoms with Crippen LogP contribution >= 0.6 is 11.8 Å². The molecule has 1 fully saturated rings. The number of amides is 1. The predicted molar refractivity (Wildman–Crippen MR) is 124 cm³/mol. The summed E-state index contributed by atoms with van der Waals surface area (Å²) in [6.45, 7) is 4.48. The Kier molecular flexibility index (Phi) is 8.18. The first kappa shape index (κ1) is 22.7. The minimum atomic E-state index is -3.37. The molecule has 0 spiro atoms. The van der Waals surface area contributed by atoms with E-state index in [9.17, 15) is 13.2 Å². The van der Waals surface area contributed by atoms with Crippen molar-refractivity contribution in [2.75, 3.05) is 49.1 Å². The van der Waals surface area contributed by atoms with Crippen LogP contribution < -0.4 is 10.2 Å². The number of hydrogen-bond donors (Lipinski definition) is 1. The highest BCUT2D eigenvalue weighted by Crippen LogP contribution is 2.19. The molecule has 0 aromatic heterocycles. The molecule has 0 radical (unpaired) electrons. The van der Waals surface area contributed by atoms with Gasteiger partial charge < -0.3 is 10.2 Å². The Morgan fingerprint density at radius 3 is 2.47 bits per heavy atom. The molecule has 0 aliphatic carbocycles. The van der Waals surface area contributed by atoms with Crippen molar-refractivity contribution in [2.45, 2.75) is 12.7 Å². The van der Waals surface area contributed by atoms with Crippen LogP contribution in [-0.4, -0.2) is 62.9 Å². The lowest BCUT2D eigenvalue weighted by Crippen LogP contribution is -2.50. The largest absolute Gasteiger partial charge is 0.369 e. The molecular weight excluding hydrogens is 418 g/mol. The van der Waals surface area contributed by atoms with Crippen molar-refractivity contribution in [1.82, 2.24) is 9.62 Å². The highest BCUT2D eigenvalue weighted by Gasteiger charge is 2.26. The number of benzene rings is 2.